The zero-order valence-electron chi connectivity index (χ0n) is 12.0. The molecule has 2 nitrogen and oxygen atoms in total. The summed E-state index contributed by atoms with van der Waals surface area (Å²) in [5.41, 5.74) is 0. The van der Waals surface area contributed by atoms with Crippen LogP contribution in [-0.2, 0) is 4.79 Å². The van der Waals surface area contributed by atoms with Crippen molar-refractivity contribution >= 4 is 5.97 Å². The second-order valence-corrected chi connectivity index (χ2v) is 5.00. The van der Waals surface area contributed by atoms with Crippen molar-refractivity contribution in [2.75, 3.05) is 0 Å². The first kappa shape index (κ1) is 17.2. The van der Waals surface area contributed by atoms with Crippen LogP contribution >= 0.6 is 0 Å². The summed E-state index contributed by atoms with van der Waals surface area (Å²) in [4.78, 5) is 10.2. The van der Waals surface area contributed by atoms with Gasteiger partial charge in [-0.1, -0.05) is 64.0 Å². The SMILES string of the molecule is CCCC/C=C\CCCCCCCCCC(=O)[O-]. The third-order valence-electron chi connectivity index (χ3n) is 3.14. The van der Waals surface area contributed by atoms with Crippen LogP contribution in [0.2, 0.25) is 0 Å². The summed E-state index contributed by atoms with van der Waals surface area (Å²) in [6, 6.07) is 0. The largest absolute Gasteiger partial charge is 0.550 e. The first-order valence-electron chi connectivity index (χ1n) is 7.62. The lowest BCUT2D eigenvalue weighted by Gasteiger charge is -2.02. The lowest BCUT2D eigenvalue weighted by Crippen LogP contribution is -2.21. The highest BCUT2D eigenvalue weighted by Gasteiger charge is 1.92. The van der Waals surface area contributed by atoms with E-state index < -0.39 is 5.97 Å². The molecule has 0 saturated heterocycles. The number of allylic oxidation sites excluding steroid dienone is 2. The molecule has 2 heteroatoms. The average molecular weight is 253 g/mol. The molecule has 0 aliphatic rings. The first-order chi connectivity index (χ1) is 8.77. The van der Waals surface area contributed by atoms with Crippen LogP contribution < -0.4 is 5.11 Å². The van der Waals surface area contributed by atoms with Gasteiger partial charge in [-0.3, -0.25) is 0 Å². The van der Waals surface area contributed by atoms with Gasteiger partial charge in [0.2, 0.25) is 0 Å². The lowest BCUT2D eigenvalue weighted by molar-refractivity contribution is -0.305. The van der Waals surface area contributed by atoms with Crippen LogP contribution in [0.3, 0.4) is 0 Å². The first-order valence-corrected chi connectivity index (χ1v) is 7.62. The summed E-state index contributed by atoms with van der Waals surface area (Å²) >= 11 is 0. The van der Waals surface area contributed by atoms with Crippen molar-refractivity contribution in [2.24, 2.45) is 0 Å². The monoisotopic (exact) mass is 253 g/mol. The highest BCUT2D eigenvalue weighted by Crippen LogP contribution is 2.10. The number of unbranched alkanes of at least 4 members (excludes halogenated alkanes) is 9. The fourth-order valence-corrected chi connectivity index (χ4v) is 1.97. The molecule has 0 atom stereocenters. The topological polar surface area (TPSA) is 40.1 Å². The van der Waals surface area contributed by atoms with E-state index in [4.69, 9.17) is 0 Å². The zero-order valence-corrected chi connectivity index (χ0v) is 12.0. The van der Waals surface area contributed by atoms with Gasteiger partial charge < -0.3 is 9.90 Å². The molecule has 0 unspecified atom stereocenters. The van der Waals surface area contributed by atoms with Crippen molar-refractivity contribution in [1.29, 1.82) is 0 Å². The van der Waals surface area contributed by atoms with E-state index in [0.29, 0.717) is 0 Å². The van der Waals surface area contributed by atoms with Crippen LogP contribution in [0.15, 0.2) is 12.2 Å². The molecule has 106 valence electrons. The Bertz CT molecular complexity index is 209. The van der Waals surface area contributed by atoms with E-state index in [1.54, 1.807) is 0 Å². The van der Waals surface area contributed by atoms with Crippen LogP contribution in [0.5, 0.6) is 0 Å². The van der Waals surface area contributed by atoms with E-state index in [1.807, 2.05) is 0 Å². The molecule has 0 aromatic heterocycles. The van der Waals surface area contributed by atoms with Crippen LogP contribution in [0.1, 0.15) is 84.0 Å². The number of aliphatic carboxylic acids is 1. The molecule has 0 amide bonds. The minimum atomic E-state index is -0.912. The normalized spacial score (nSPS) is 11.2. The summed E-state index contributed by atoms with van der Waals surface area (Å²) in [7, 11) is 0. The van der Waals surface area contributed by atoms with E-state index in [0.717, 1.165) is 12.8 Å². The zero-order chi connectivity index (χ0) is 13.5. The van der Waals surface area contributed by atoms with Crippen LogP contribution in [0, 0.1) is 0 Å². The van der Waals surface area contributed by atoms with Gasteiger partial charge in [-0.2, -0.15) is 0 Å². The van der Waals surface area contributed by atoms with Crippen molar-refractivity contribution in [3.63, 3.8) is 0 Å². The smallest absolute Gasteiger partial charge is 0.0414 e. The molecule has 0 rings (SSSR count). The molecule has 18 heavy (non-hydrogen) atoms. The Morgan fingerprint density at radius 1 is 0.833 bits per heavy atom. The molecule has 0 aliphatic carbocycles. The standard InChI is InChI=1S/C16H30O2/c1-2-3-4-5-6-7-8-9-10-11-12-13-14-15-16(17)18/h5-6H,2-4,7-15H2,1H3,(H,17,18)/p-1/b6-5-. The Labute approximate surface area is 112 Å². The van der Waals surface area contributed by atoms with Gasteiger partial charge in [-0.15, -0.1) is 0 Å². The highest BCUT2D eigenvalue weighted by molar-refractivity contribution is 5.63. The van der Waals surface area contributed by atoms with E-state index in [-0.39, 0.29) is 6.42 Å². The van der Waals surface area contributed by atoms with Gasteiger partial charge in [-0.05, 0) is 32.1 Å². The van der Waals surface area contributed by atoms with Crippen molar-refractivity contribution in [3.8, 4) is 0 Å². The van der Waals surface area contributed by atoms with Crippen molar-refractivity contribution in [1.82, 2.24) is 0 Å². The molecule has 0 N–H and O–H groups in total. The molecule has 0 spiro atoms. The summed E-state index contributed by atoms with van der Waals surface area (Å²) in [5.74, 6) is -0.912. The number of carboxylic acid groups (broad SMARTS) is 1. The summed E-state index contributed by atoms with van der Waals surface area (Å²) in [5, 5.41) is 10.2. The molecule has 0 aromatic carbocycles. The molecule has 0 saturated carbocycles. The molecule has 0 bridgehead atoms. The maximum Gasteiger partial charge on any atom is 0.0414 e. The Kier molecular flexibility index (Phi) is 13.6. The molecular weight excluding hydrogens is 224 g/mol. The van der Waals surface area contributed by atoms with Gasteiger partial charge in [0.25, 0.3) is 0 Å². The molecule has 0 aliphatic heterocycles. The quantitative estimate of drug-likeness (QED) is 0.368. The van der Waals surface area contributed by atoms with Crippen molar-refractivity contribution in [2.45, 2.75) is 84.0 Å². The van der Waals surface area contributed by atoms with E-state index >= 15 is 0 Å². The van der Waals surface area contributed by atoms with Gasteiger partial charge in [0.1, 0.15) is 0 Å². The van der Waals surface area contributed by atoms with Gasteiger partial charge in [0.15, 0.2) is 0 Å². The number of hydrogen-bond acceptors (Lipinski definition) is 2. The minimum Gasteiger partial charge on any atom is -0.550 e. The summed E-state index contributed by atoms with van der Waals surface area (Å²) in [6.07, 6.45) is 18.0. The fourth-order valence-electron chi connectivity index (χ4n) is 1.97. The Hall–Kier alpha value is -0.790. The van der Waals surface area contributed by atoms with Gasteiger partial charge in [-0.25, -0.2) is 0 Å². The minimum absolute atomic E-state index is 0.225. The summed E-state index contributed by atoms with van der Waals surface area (Å²) < 4.78 is 0. The van der Waals surface area contributed by atoms with Gasteiger partial charge in [0, 0.05) is 5.97 Å². The predicted molar refractivity (Wildman–Crippen MR) is 75.2 cm³/mol. The second kappa shape index (κ2) is 14.3. The van der Waals surface area contributed by atoms with Crippen molar-refractivity contribution < 1.29 is 9.90 Å². The molecule has 0 fully saturated rings. The van der Waals surface area contributed by atoms with Crippen LogP contribution in [0.4, 0.5) is 0 Å². The van der Waals surface area contributed by atoms with Crippen molar-refractivity contribution in [3.05, 3.63) is 12.2 Å². The highest BCUT2D eigenvalue weighted by atomic mass is 16.4. The van der Waals surface area contributed by atoms with E-state index in [2.05, 4.69) is 19.1 Å². The van der Waals surface area contributed by atoms with E-state index in [1.165, 1.54) is 57.8 Å². The third kappa shape index (κ3) is 15.2. The molecule has 0 heterocycles. The van der Waals surface area contributed by atoms with Crippen LogP contribution in [-0.4, -0.2) is 5.97 Å². The Balaban J connectivity index is 3.03. The number of hydrogen-bond donors (Lipinski definition) is 0. The maximum absolute atomic E-state index is 10.2. The van der Waals surface area contributed by atoms with E-state index in [9.17, 15) is 9.90 Å². The Morgan fingerprint density at radius 2 is 1.33 bits per heavy atom. The predicted octanol–water partition coefficient (Wildman–Crippen LogP) is 3.99. The number of rotatable bonds is 13. The number of carbonyl (C=O) groups is 1. The summed E-state index contributed by atoms with van der Waals surface area (Å²) in [6.45, 7) is 2.22. The van der Waals surface area contributed by atoms with Gasteiger partial charge in [0.05, 0.1) is 0 Å². The van der Waals surface area contributed by atoms with Crippen LogP contribution in [0.25, 0.3) is 0 Å². The number of carboxylic acids is 1. The maximum atomic E-state index is 10.2. The number of carbonyl (C=O) groups excluding carboxylic acids is 1. The van der Waals surface area contributed by atoms with Gasteiger partial charge >= 0.3 is 0 Å². The molecule has 0 aromatic rings. The molecular formula is C16H29O2-. The Morgan fingerprint density at radius 3 is 1.89 bits per heavy atom. The fraction of sp³-hybridized carbons (Fsp3) is 0.812. The second-order valence-electron chi connectivity index (χ2n) is 5.00. The average Bonchev–Trinajstić information content (AvgIpc) is 2.34. The molecule has 0 radical (unpaired) electrons. The third-order valence-corrected chi connectivity index (χ3v) is 3.14. The lowest BCUT2D eigenvalue weighted by atomic mass is 10.1.